The lowest BCUT2D eigenvalue weighted by atomic mass is 10.1. The van der Waals surface area contributed by atoms with Gasteiger partial charge in [0.1, 0.15) is 11.8 Å². The fraction of sp³-hybridized carbons (Fsp3) is 0.190. The van der Waals surface area contributed by atoms with Crippen molar-refractivity contribution in [2.45, 2.75) is 6.10 Å². The molecule has 0 spiro atoms. The third-order valence-corrected chi connectivity index (χ3v) is 5.80. The number of hydrogen-bond donors (Lipinski definition) is 0. The highest BCUT2D eigenvalue weighted by atomic mass is 32.1. The molecule has 1 aromatic carbocycles. The Labute approximate surface area is 166 Å². The lowest BCUT2D eigenvalue weighted by Crippen LogP contribution is -2.42. The molecule has 3 aromatic heterocycles. The lowest BCUT2D eigenvalue weighted by Gasteiger charge is -2.31. The van der Waals surface area contributed by atoms with Crippen LogP contribution in [0.25, 0.3) is 16.6 Å². The molecule has 0 saturated carbocycles. The van der Waals surface area contributed by atoms with Crippen LogP contribution in [0.2, 0.25) is 0 Å². The summed E-state index contributed by atoms with van der Waals surface area (Å²) >= 11 is 1.46. The number of ether oxygens (including phenoxy) is 1. The van der Waals surface area contributed by atoms with E-state index in [0.29, 0.717) is 19.7 Å². The van der Waals surface area contributed by atoms with Gasteiger partial charge in [0.2, 0.25) is 0 Å². The average Bonchev–Trinajstić information content (AvgIpc) is 3.43. The molecular weight excluding hydrogens is 372 g/mol. The van der Waals surface area contributed by atoms with Crippen LogP contribution in [0.4, 0.5) is 0 Å². The molecule has 1 aliphatic heterocycles. The summed E-state index contributed by atoms with van der Waals surface area (Å²) < 4.78 is 7.72. The van der Waals surface area contributed by atoms with Crippen LogP contribution < -0.4 is 0 Å². The van der Waals surface area contributed by atoms with Crippen molar-refractivity contribution in [2.24, 2.45) is 0 Å². The van der Waals surface area contributed by atoms with Gasteiger partial charge in [-0.3, -0.25) is 4.79 Å². The van der Waals surface area contributed by atoms with Crippen molar-refractivity contribution < 1.29 is 9.53 Å². The molecule has 1 fully saturated rings. The molecule has 5 rings (SSSR count). The number of carbonyl (C=O) groups is 1. The van der Waals surface area contributed by atoms with Crippen LogP contribution in [-0.4, -0.2) is 45.3 Å². The number of hydrogen-bond acceptors (Lipinski definition) is 5. The Bertz CT molecular complexity index is 1110. The second-order valence-electron chi connectivity index (χ2n) is 6.68. The van der Waals surface area contributed by atoms with Crippen LogP contribution in [0, 0.1) is 0 Å². The third-order valence-electron chi connectivity index (χ3n) is 4.94. The number of pyridine rings is 1. The zero-order valence-corrected chi connectivity index (χ0v) is 15.9. The number of benzene rings is 1. The summed E-state index contributed by atoms with van der Waals surface area (Å²) in [5, 5.41) is 10.6. The summed E-state index contributed by atoms with van der Waals surface area (Å²) in [5.74, 6) is 0.0473. The molecule has 0 aliphatic carbocycles. The van der Waals surface area contributed by atoms with Gasteiger partial charge in [-0.05, 0) is 23.1 Å². The molecule has 0 radical (unpaired) electrons. The Kier molecular flexibility index (Phi) is 4.38. The van der Waals surface area contributed by atoms with Gasteiger partial charge >= 0.3 is 0 Å². The Hall–Kier alpha value is -3.03. The van der Waals surface area contributed by atoms with Crippen LogP contribution in [0.5, 0.6) is 0 Å². The van der Waals surface area contributed by atoms with E-state index in [1.54, 1.807) is 4.52 Å². The van der Waals surface area contributed by atoms with E-state index in [1.165, 1.54) is 11.3 Å². The summed E-state index contributed by atoms with van der Waals surface area (Å²) in [6, 6.07) is 18.0. The minimum Gasteiger partial charge on any atom is -0.368 e. The molecule has 1 unspecified atom stereocenters. The summed E-state index contributed by atoms with van der Waals surface area (Å²) in [4.78, 5) is 15.3. The van der Waals surface area contributed by atoms with E-state index in [1.807, 2.05) is 52.9 Å². The first kappa shape index (κ1) is 17.1. The van der Waals surface area contributed by atoms with Gasteiger partial charge in [-0.15, -0.1) is 16.4 Å². The first-order valence-electron chi connectivity index (χ1n) is 9.14. The molecule has 4 aromatic rings. The Balaban J connectivity index is 1.42. The molecule has 0 N–H and O–H groups in total. The monoisotopic (exact) mass is 390 g/mol. The van der Waals surface area contributed by atoms with Crippen LogP contribution in [0.3, 0.4) is 0 Å². The first-order valence-corrected chi connectivity index (χ1v) is 10.0. The number of thiophene rings is 1. The number of carbonyl (C=O) groups excluding carboxylic acids is 1. The number of morpholine rings is 1. The number of fused-ring (bicyclic) bond motifs is 1. The summed E-state index contributed by atoms with van der Waals surface area (Å²) in [6.07, 6.45) is 1.69. The molecule has 7 heteroatoms. The lowest BCUT2D eigenvalue weighted by molar-refractivity contribution is -0.0239. The second kappa shape index (κ2) is 7.18. The van der Waals surface area contributed by atoms with Gasteiger partial charge in [0.25, 0.3) is 5.91 Å². The molecular formula is C21H18N4O2S. The van der Waals surface area contributed by atoms with Crippen molar-refractivity contribution in [3.8, 4) is 11.1 Å². The smallest absolute Gasteiger partial charge is 0.264 e. The Morgan fingerprint density at radius 2 is 1.96 bits per heavy atom. The number of amides is 1. The van der Waals surface area contributed by atoms with Crippen molar-refractivity contribution in [1.29, 1.82) is 0 Å². The molecule has 1 saturated heterocycles. The van der Waals surface area contributed by atoms with Gasteiger partial charge in [-0.1, -0.05) is 47.7 Å². The van der Waals surface area contributed by atoms with E-state index in [-0.39, 0.29) is 12.0 Å². The minimum atomic E-state index is -0.280. The Morgan fingerprint density at radius 3 is 2.79 bits per heavy atom. The summed E-state index contributed by atoms with van der Waals surface area (Å²) in [6.45, 7) is 1.55. The van der Waals surface area contributed by atoms with E-state index in [2.05, 4.69) is 28.5 Å². The highest BCUT2D eigenvalue weighted by Gasteiger charge is 2.29. The molecule has 6 nitrogen and oxygen atoms in total. The highest BCUT2D eigenvalue weighted by Crippen LogP contribution is 2.27. The van der Waals surface area contributed by atoms with Crippen molar-refractivity contribution in [3.05, 3.63) is 76.7 Å². The molecule has 140 valence electrons. The fourth-order valence-electron chi connectivity index (χ4n) is 3.50. The molecule has 1 aliphatic rings. The predicted molar refractivity (Wildman–Crippen MR) is 107 cm³/mol. The normalized spacial score (nSPS) is 17.1. The summed E-state index contributed by atoms with van der Waals surface area (Å²) in [5.41, 5.74) is 3.87. The van der Waals surface area contributed by atoms with Crippen LogP contribution in [0.1, 0.15) is 21.5 Å². The van der Waals surface area contributed by atoms with E-state index < -0.39 is 0 Å². The van der Waals surface area contributed by atoms with Gasteiger partial charge in [0, 0.05) is 18.3 Å². The molecule has 4 heterocycles. The quantitative estimate of drug-likeness (QED) is 0.536. The fourth-order valence-corrected chi connectivity index (χ4v) is 4.19. The van der Waals surface area contributed by atoms with Crippen molar-refractivity contribution in [1.82, 2.24) is 19.7 Å². The number of nitrogens with zero attached hydrogens (tertiary/aromatic N) is 4. The van der Waals surface area contributed by atoms with Crippen LogP contribution in [0.15, 0.2) is 66.2 Å². The molecule has 28 heavy (non-hydrogen) atoms. The topological polar surface area (TPSA) is 59.7 Å². The second-order valence-corrected chi connectivity index (χ2v) is 7.62. The van der Waals surface area contributed by atoms with Gasteiger partial charge in [0.15, 0.2) is 0 Å². The highest BCUT2D eigenvalue weighted by molar-refractivity contribution is 7.12. The SMILES string of the molecule is O=C(c1cccs1)N1CCOC(c2nnn3cc(-c4ccccc4)ccc23)C1. The maximum absolute atomic E-state index is 12.7. The zero-order valence-electron chi connectivity index (χ0n) is 15.1. The van der Waals surface area contributed by atoms with Crippen molar-refractivity contribution >= 4 is 22.8 Å². The van der Waals surface area contributed by atoms with Crippen LogP contribution in [-0.2, 0) is 4.74 Å². The van der Waals surface area contributed by atoms with Crippen LogP contribution >= 0.6 is 11.3 Å². The number of aromatic nitrogens is 3. The first-order chi connectivity index (χ1) is 13.8. The van der Waals surface area contributed by atoms with Gasteiger partial charge in [-0.2, -0.15) is 0 Å². The third kappa shape index (κ3) is 3.08. The van der Waals surface area contributed by atoms with Crippen molar-refractivity contribution in [2.75, 3.05) is 19.7 Å². The van der Waals surface area contributed by atoms with Gasteiger partial charge in [-0.25, -0.2) is 4.52 Å². The standard InChI is InChI=1S/C21H18N4O2S/c26-21(19-7-4-12-28-19)24-10-11-27-18(14-24)20-17-9-8-16(13-25(17)23-22-20)15-5-2-1-3-6-15/h1-9,12-13,18H,10-11,14H2. The maximum atomic E-state index is 12.7. The van der Waals surface area contributed by atoms with E-state index in [9.17, 15) is 4.79 Å². The maximum Gasteiger partial charge on any atom is 0.264 e. The van der Waals surface area contributed by atoms with Crippen molar-refractivity contribution in [3.63, 3.8) is 0 Å². The van der Waals surface area contributed by atoms with Gasteiger partial charge < -0.3 is 9.64 Å². The summed E-state index contributed by atoms with van der Waals surface area (Å²) in [7, 11) is 0. The Morgan fingerprint density at radius 1 is 1.07 bits per heavy atom. The number of rotatable bonds is 3. The van der Waals surface area contributed by atoms with E-state index in [0.717, 1.165) is 27.2 Å². The molecule has 1 amide bonds. The minimum absolute atomic E-state index is 0.0473. The van der Waals surface area contributed by atoms with Gasteiger partial charge in [0.05, 0.1) is 23.5 Å². The molecule has 1 atom stereocenters. The van der Waals surface area contributed by atoms with E-state index in [4.69, 9.17) is 4.74 Å². The predicted octanol–water partition coefficient (Wildman–Crippen LogP) is 3.67. The average molecular weight is 390 g/mol. The van der Waals surface area contributed by atoms with E-state index >= 15 is 0 Å². The molecule has 0 bridgehead atoms. The zero-order chi connectivity index (χ0) is 18.9. The largest absolute Gasteiger partial charge is 0.368 e.